The molecule has 80 valence electrons. The Bertz CT molecular complexity index is 227. The van der Waals surface area contributed by atoms with Crippen LogP contribution in [0.5, 0.6) is 0 Å². The summed E-state index contributed by atoms with van der Waals surface area (Å²) >= 11 is 0. The summed E-state index contributed by atoms with van der Waals surface area (Å²) in [5.74, 6) is 5.90. The minimum Gasteiger partial charge on any atom is -0.345 e. The van der Waals surface area contributed by atoms with E-state index in [1.54, 1.807) is 4.90 Å². The molecule has 0 aromatic heterocycles. The molecule has 0 saturated heterocycles. The summed E-state index contributed by atoms with van der Waals surface area (Å²) in [4.78, 5) is 13.3. The summed E-state index contributed by atoms with van der Waals surface area (Å²) < 4.78 is 0. The van der Waals surface area contributed by atoms with Crippen LogP contribution in [0.25, 0.3) is 0 Å². The molecule has 3 heteroatoms. The van der Waals surface area contributed by atoms with E-state index in [2.05, 4.69) is 17.2 Å². The van der Waals surface area contributed by atoms with E-state index in [-0.39, 0.29) is 11.9 Å². The Morgan fingerprint density at radius 3 is 2.71 bits per heavy atom. The van der Waals surface area contributed by atoms with Crippen LogP contribution in [0.4, 0.5) is 0 Å². The summed E-state index contributed by atoms with van der Waals surface area (Å²) in [6.07, 6.45) is 0.796. The summed E-state index contributed by atoms with van der Waals surface area (Å²) in [7, 11) is 1.81. The van der Waals surface area contributed by atoms with Crippen molar-refractivity contribution >= 4 is 5.91 Å². The van der Waals surface area contributed by atoms with Crippen LogP contribution in [0.1, 0.15) is 27.2 Å². The van der Waals surface area contributed by atoms with Crippen molar-refractivity contribution in [1.29, 1.82) is 0 Å². The van der Waals surface area contributed by atoms with Crippen LogP contribution in [0.2, 0.25) is 0 Å². The zero-order valence-electron chi connectivity index (χ0n) is 9.55. The number of hydrogen-bond acceptors (Lipinski definition) is 2. The van der Waals surface area contributed by atoms with Crippen LogP contribution in [-0.4, -0.2) is 37.0 Å². The Balaban J connectivity index is 3.76. The molecule has 1 unspecified atom stereocenters. The maximum Gasteiger partial charge on any atom is 0.239 e. The molecule has 14 heavy (non-hydrogen) atoms. The zero-order valence-corrected chi connectivity index (χ0v) is 9.55. The monoisotopic (exact) mass is 196 g/mol. The molecule has 0 spiro atoms. The fourth-order valence-electron chi connectivity index (χ4n) is 1.05. The van der Waals surface area contributed by atoms with Crippen molar-refractivity contribution in [1.82, 2.24) is 10.2 Å². The minimum atomic E-state index is -0.112. The molecule has 0 aliphatic carbocycles. The molecule has 3 nitrogen and oxygen atoms in total. The van der Waals surface area contributed by atoms with E-state index in [9.17, 15) is 4.79 Å². The topological polar surface area (TPSA) is 32.3 Å². The number of nitrogens with zero attached hydrogens (tertiary/aromatic N) is 1. The molecular formula is C11H20N2O. The van der Waals surface area contributed by atoms with Crippen LogP contribution in [0.3, 0.4) is 0 Å². The van der Waals surface area contributed by atoms with Gasteiger partial charge in [-0.2, -0.15) is 0 Å². The molecule has 0 saturated carbocycles. The van der Waals surface area contributed by atoms with Crippen LogP contribution >= 0.6 is 0 Å². The lowest BCUT2D eigenvalue weighted by Gasteiger charge is -2.20. The van der Waals surface area contributed by atoms with Gasteiger partial charge in [0.1, 0.15) is 0 Å². The first-order valence-electron chi connectivity index (χ1n) is 5.01. The summed E-state index contributed by atoms with van der Waals surface area (Å²) in [6, 6.07) is -0.112. The molecule has 0 bridgehead atoms. The number of hydrogen-bond donors (Lipinski definition) is 1. The van der Waals surface area contributed by atoms with Gasteiger partial charge < -0.3 is 10.2 Å². The first-order valence-corrected chi connectivity index (χ1v) is 5.01. The second kappa shape index (κ2) is 7.40. The van der Waals surface area contributed by atoms with Crippen molar-refractivity contribution in [3.8, 4) is 11.8 Å². The molecular weight excluding hydrogens is 176 g/mol. The van der Waals surface area contributed by atoms with E-state index in [0.717, 1.165) is 19.5 Å². The van der Waals surface area contributed by atoms with Gasteiger partial charge in [-0.25, -0.2) is 0 Å². The molecule has 1 atom stereocenters. The summed E-state index contributed by atoms with van der Waals surface area (Å²) in [5, 5.41) is 3.14. The van der Waals surface area contributed by atoms with Crippen molar-refractivity contribution in [3.63, 3.8) is 0 Å². The van der Waals surface area contributed by atoms with Gasteiger partial charge in [-0.05, 0) is 20.8 Å². The van der Waals surface area contributed by atoms with Gasteiger partial charge >= 0.3 is 0 Å². The highest BCUT2D eigenvalue weighted by molar-refractivity contribution is 5.81. The molecule has 0 aliphatic rings. The first kappa shape index (κ1) is 13.0. The van der Waals surface area contributed by atoms with Crippen molar-refractivity contribution in [2.45, 2.75) is 33.2 Å². The molecule has 0 heterocycles. The smallest absolute Gasteiger partial charge is 0.239 e. The van der Waals surface area contributed by atoms with Crippen LogP contribution in [0.15, 0.2) is 0 Å². The molecule has 0 radical (unpaired) electrons. The highest BCUT2D eigenvalue weighted by atomic mass is 16.2. The quantitative estimate of drug-likeness (QED) is 0.522. The number of amides is 1. The Hall–Kier alpha value is -1.01. The Morgan fingerprint density at radius 1 is 1.57 bits per heavy atom. The van der Waals surface area contributed by atoms with Crippen LogP contribution in [0, 0.1) is 11.8 Å². The SMILES string of the molecule is CC#CCCNC(C)C(=O)N(C)CC. The fourth-order valence-corrected chi connectivity index (χ4v) is 1.05. The first-order chi connectivity index (χ1) is 6.63. The van der Waals surface area contributed by atoms with Gasteiger partial charge in [0, 0.05) is 26.6 Å². The highest BCUT2D eigenvalue weighted by Gasteiger charge is 2.14. The van der Waals surface area contributed by atoms with Crippen molar-refractivity contribution in [2.24, 2.45) is 0 Å². The Morgan fingerprint density at radius 2 is 2.21 bits per heavy atom. The van der Waals surface area contributed by atoms with Gasteiger partial charge in [0.05, 0.1) is 6.04 Å². The maximum absolute atomic E-state index is 11.6. The van der Waals surface area contributed by atoms with Crippen molar-refractivity contribution in [3.05, 3.63) is 0 Å². The van der Waals surface area contributed by atoms with Gasteiger partial charge in [0.15, 0.2) is 0 Å². The zero-order chi connectivity index (χ0) is 11.0. The lowest BCUT2D eigenvalue weighted by Crippen LogP contribution is -2.43. The van der Waals surface area contributed by atoms with Gasteiger partial charge in [-0.1, -0.05) is 0 Å². The molecule has 1 amide bonds. The summed E-state index contributed by atoms with van der Waals surface area (Å²) in [6.45, 7) is 7.19. The van der Waals surface area contributed by atoms with E-state index in [4.69, 9.17) is 0 Å². The van der Waals surface area contributed by atoms with Crippen molar-refractivity contribution < 1.29 is 4.79 Å². The van der Waals surface area contributed by atoms with Crippen LogP contribution in [-0.2, 0) is 4.79 Å². The molecule has 0 rings (SSSR count). The van der Waals surface area contributed by atoms with Gasteiger partial charge in [-0.3, -0.25) is 4.79 Å². The van der Waals surface area contributed by atoms with E-state index in [1.165, 1.54) is 0 Å². The number of carbonyl (C=O) groups excluding carboxylic acids is 1. The van der Waals surface area contributed by atoms with Gasteiger partial charge in [-0.15, -0.1) is 11.8 Å². The molecule has 0 aromatic carbocycles. The van der Waals surface area contributed by atoms with Crippen LogP contribution < -0.4 is 5.32 Å². The molecule has 0 aliphatic heterocycles. The maximum atomic E-state index is 11.6. The largest absolute Gasteiger partial charge is 0.345 e. The third-order valence-corrected chi connectivity index (χ3v) is 2.10. The van der Waals surface area contributed by atoms with E-state index >= 15 is 0 Å². The second-order valence-electron chi connectivity index (χ2n) is 3.21. The van der Waals surface area contributed by atoms with E-state index < -0.39 is 0 Å². The average molecular weight is 196 g/mol. The van der Waals surface area contributed by atoms with E-state index in [1.807, 2.05) is 27.8 Å². The average Bonchev–Trinajstić information content (AvgIpc) is 2.21. The number of nitrogens with one attached hydrogen (secondary N) is 1. The molecule has 1 N–H and O–H groups in total. The third-order valence-electron chi connectivity index (χ3n) is 2.10. The van der Waals surface area contributed by atoms with Gasteiger partial charge in [0.2, 0.25) is 5.91 Å². The number of rotatable bonds is 5. The van der Waals surface area contributed by atoms with Gasteiger partial charge in [0.25, 0.3) is 0 Å². The highest BCUT2D eigenvalue weighted by Crippen LogP contribution is 1.91. The number of likely N-dealkylation sites (N-methyl/N-ethyl adjacent to an activating group) is 1. The standard InChI is InChI=1S/C11H20N2O/c1-5-7-8-9-12-10(3)11(14)13(4)6-2/h10,12H,6,8-9H2,1-4H3. The number of carbonyl (C=O) groups is 1. The summed E-state index contributed by atoms with van der Waals surface area (Å²) in [5.41, 5.74) is 0. The third kappa shape index (κ3) is 4.88. The Labute approximate surface area is 86.9 Å². The lowest BCUT2D eigenvalue weighted by molar-refractivity contribution is -0.131. The predicted molar refractivity (Wildman–Crippen MR) is 58.8 cm³/mol. The lowest BCUT2D eigenvalue weighted by atomic mass is 10.3. The Kier molecular flexibility index (Phi) is 6.87. The predicted octanol–water partition coefficient (Wildman–Crippen LogP) is 0.856. The second-order valence-corrected chi connectivity index (χ2v) is 3.21. The molecule has 0 fully saturated rings. The van der Waals surface area contributed by atoms with Crippen molar-refractivity contribution in [2.75, 3.05) is 20.1 Å². The minimum absolute atomic E-state index is 0.112. The molecule has 0 aromatic rings. The normalized spacial score (nSPS) is 11.4. The van der Waals surface area contributed by atoms with E-state index in [0.29, 0.717) is 0 Å². The fraction of sp³-hybridized carbons (Fsp3) is 0.727.